The Bertz CT molecular complexity index is 1250. The Kier molecular flexibility index (Phi) is 4.91. The molecule has 0 N–H and O–H groups in total. The first-order valence-corrected chi connectivity index (χ1v) is 11.3. The topological polar surface area (TPSA) is 69.6 Å². The molecule has 0 aliphatic carbocycles. The Balaban J connectivity index is 1.22. The summed E-state index contributed by atoms with van der Waals surface area (Å²) < 4.78 is 45.7. The molecule has 0 spiro atoms. The molecule has 9 heteroatoms. The second-order valence-electron chi connectivity index (χ2n) is 9.16. The van der Waals surface area contributed by atoms with Crippen LogP contribution in [-0.2, 0) is 6.61 Å². The zero-order valence-corrected chi connectivity index (χ0v) is 18.9. The van der Waals surface area contributed by atoms with Gasteiger partial charge in [0.15, 0.2) is 0 Å². The first-order chi connectivity index (χ1) is 16.4. The molecule has 5 heterocycles. The molecule has 3 atom stereocenters. The molecule has 2 bridgehead atoms. The summed E-state index contributed by atoms with van der Waals surface area (Å²) in [6, 6.07) is 10.7. The molecular weight excluding hydrogens is 442 g/mol. The van der Waals surface area contributed by atoms with Gasteiger partial charge in [0.2, 0.25) is 17.6 Å². The first-order valence-electron chi connectivity index (χ1n) is 11.3. The van der Waals surface area contributed by atoms with E-state index in [0.29, 0.717) is 37.1 Å². The fourth-order valence-electron chi connectivity index (χ4n) is 5.36. The number of halogens is 2. The van der Waals surface area contributed by atoms with Crippen LogP contribution in [0.5, 0.6) is 17.6 Å². The van der Waals surface area contributed by atoms with Crippen molar-refractivity contribution in [2.45, 2.75) is 50.0 Å². The fraction of sp³-hybridized carbons (Fsp3) is 0.400. The minimum Gasteiger partial charge on any atom is -0.480 e. The fourth-order valence-corrected chi connectivity index (χ4v) is 5.36. The largest absolute Gasteiger partial charge is 0.480 e. The molecule has 0 amide bonds. The van der Waals surface area contributed by atoms with Crippen molar-refractivity contribution in [1.82, 2.24) is 20.1 Å². The lowest BCUT2D eigenvalue weighted by atomic mass is 9.95. The third-order valence-electron chi connectivity index (χ3n) is 7.14. The first kappa shape index (κ1) is 21.2. The number of rotatable bonds is 4. The van der Waals surface area contributed by atoms with Crippen LogP contribution < -0.4 is 14.2 Å². The van der Waals surface area contributed by atoms with Gasteiger partial charge < -0.3 is 14.2 Å². The number of alkyl halides is 2. The summed E-state index contributed by atoms with van der Waals surface area (Å²) in [4.78, 5) is 6.35. The van der Waals surface area contributed by atoms with Gasteiger partial charge in [0.05, 0.1) is 19.3 Å². The number of pyridine rings is 1. The van der Waals surface area contributed by atoms with Gasteiger partial charge in [-0.1, -0.05) is 12.1 Å². The number of hydrogen-bond acceptors (Lipinski definition) is 7. The Morgan fingerprint density at radius 3 is 2.74 bits per heavy atom. The lowest BCUT2D eigenvalue weighted by molar-refractivity contribution is -0.0479. The molecule has 176 valence electrons. The molecule has 0 radical (unpaired) electrons. The average molecular weight is 466 g/mol. The van der Waals surface area contributed by atoms with E-state index in [2.05, 4.69) is 21.2 Å². The molecule has 6 rings (SSSR count). The summed E-state index contributed by atoms with van der Waals surface area (Å²) in [7, 11) is 3.34. The molecule has 3 unspecified atom stereocenters. The van der Waals surface area contributed by atoms with Gasteiger partial charge in [-0.25, -0.2) is 8.78 Å². The predicted octanol–water partition coefficient (Wildman–Crippen LogP) is 4.36. The van der Waals surface area contributed by atoms with Crippen LogP contribution in [0.4, 0.5) is 8.78 Å². The molecular formula is C25H24F2N4O3. The smallest absolute Gasteiger partial charge is 0.264 e. The van der Waals surface area contributed by atoms with Gasteiger partial charge in [-0.05, 0) is 35.9 Å². The van der Waals surface area contributed by atoms with E-state index < -0.39 is 12.0 Å². The highest BCUT2D eigenvalue weighted by Crippen LogP contribution is 2.46. The van der Waals surface area contributed by atoms with Crippen molar-refractivity contribution in [2.75, 3.05) is 14.2 Å². The molecule has 3 aromatic rings. The number of hydrogen-bond donors (Lipinski definition) is 0. The molecule has 0 saturated carbocycles. The molecule has 2 fully saturated rings. The van der Waals surface area contributed by atoms with Crippen molar-refractivity contribution in [1.29, 1.82) is 0 Å². The van der Waals surface area contributed by atoms with E-state index in [9.17, 15) is 8.78 Å². The Hall–Kier alpha value is -3.33. The lowest BCUT2D eigenvalue weighted by Gasteiger charge is -2.36. The minimum absolute atomic E-state index is 0.101. The monoisotopic (exact) mass is 466 g/mol. The number of fused-ring (bicyclic) bond motifs is 5. The summed E-state index contributed by atoms with van der Waals surface area (Å²) >= 11 is 0. The summed E-state index contributed by atoms with van der Waals surface area (Å²) in [5.41, 5.74) is 4.83. The summed E-state index contributed by atoms with van der Waals surface area (Å²) in [5, 5.41) is 7.90. The van der Waals surface area contributed by atoms with Gasteiger partial charge in [0, 0.05) is 48.6 Å². The zero-order valence-electron chi connectivity index (χ0n) is 18.9. The number of benzene rings is 1. The number of piperidine rings is 1. The summed E-state index contributed by atoms with van der Waals surface area (Å²) in [6.07, 6.45) is 2.17. The number of nitrogens with zero attached hydrogens (tertiary/aromatic N) is 4. The van der Waals surface area contributed by atoms with Crippen molar-refractivity contribution in [3.63, 3.8) is 0 Å². The van der Waals surface area contributed by atoms with E-state index >= 15 is 0 Å². The van der Waals surface area contributed by atoms with Gasteiger partial charge in [-0.15, -0.1) is 5.10 Å². The van der Waals surface area contributed by atoms with E-state index in [1.807, 2.05) is 24.3 Å². The number of methoxy groups -OCH3 is 1. The van der Waals surface area contributed by atoms with E-state index in [1.54, 1.807) is 31.3 Å². The minimum atomic E-state index is -2.66. The van der Waals surface area contributed by atoms with Crippen LogP contribution in [0.25, 0.3) is 22.3 Å². The van der Waals surface area contributed by atoms with Crippen LogP contribution in [0.1, 0.15) is 24.8 Å². The third-order valence-corrected chi connectivity index (χ3v) is 7.14. The highest BCUT2D eigenvalue weighted by Gasteiger charge is 2.56. The molecule has 1 aromatic carbocycles. The third kappa shape index (κ3) is 3.55. The number of aromatic nitrogens is 3. The van der Waals surface area contributed by atoms with Crippen LogP contribution in [0.2, 0.25) is 0 Å². The van der Waals surface area contributed by atoms with Gasteiger partial charge in [-0.3, -0.25) is 4.90 Å². The van der Waals surface area contributed by atoms with Crippen LogP contribution in [0.15, 0.2) is 42.6 Å². The van der Waals surface area contributed by atoms with E-state index in [4.69, 9.17) is 14.2 Å². The second-order valence-corrected chi connectivity index (χ2v) is 9.16. The van der Waals surface area contributed by atoms with Crippen molar-refractivity contribution < 1.29 is 23.0 Å². The van der Waals surface area contributed by atoms with Crippen molar-refractivity contribution in [3.05, 3.63) is 48.2 Å². The van der Waals surface area contributed by atoms with E-state index in [0.717, 1.165) is 27.8 Å². The maximum absolute atomic E-state index is 14.3. The number of ether oxygens (including phenoxy) is 3. The lowest BCUT2D eigenvalue weighted by Crippen LogP contribution is -2.47. The summed E-state index contributed by atoms with van der Waals surface area (Å²) in [5.74, 6) is -1.31. The maximum atomic E-state index is 14.3. The van der Waals surface area contributed by atoms with Crippen LogP contribution >= 0.6 is 0 Å². The van der Waals surface area contributed by atoms with E-state index in [-0.39, 0.29) is 18.6 Å². The Morgan fingerprint density at radius 2 is 1.91 bits per heavy atom. The van der Waals surface area contributed by atoms with E-state index in [1.165, 1.54) is 0 Å². The van der Waals surface area contributed by atoms with Crippen molar-refractivity contribution in [3.8, 4) is 39.9 Å². The zero-order chi connectivity index (χ0) is 23.4. The highest BCUT2D eigenvalue weighted by molar-refractivity contribution is 5.77. The normalized spacial score (nSPS) is 24.6. The van der Waals surface area contributed by atoms with Gasteiger partial charge in [0.25, 0.3) is 5.92 Å². The average Bonchev–Trinajstić information content (AvgIpc) is 2.96. The van der Waals surface area contributed by atoms with Gasteiger partial charge in [0.1, 0.15) is 12.7 Å². The summed E-state index contributed by atoms with van der Waals surface area (Å²) in [6.45, 7) is 0.368. The molecule has 34 heavy (non-hydrogen) atoms. The van der Waals surface area contributed by atoms with Crippen LogP contribution in [-0.4, -0.2) is 58.3 Å². The molecule has 3 aliphatic rings. The van der Waals surface area contributed by atoms with Gasteiger partial charge in [-0.2, -0.15) is 10.1 Å². The second kappa shape index (κ2) is 7.87. The quantitative estimate of drug-likeness (QED) is 0.566. The maximum Gasteiger partial charge on any atom is 0.264 e. The molecule has 2 aromatic heterocycles. The Labute approximate surface area is 195 Å². The standard InChI is InChI=1S/C25H24F2N4O3/c1-31-17-9-18(10-21(31)25(26,27)11-17)34-22-6-5-20-19-4-3-14(7-16(19)13-33-24(20)29-22)15-8-23(32-2)30-28-12-15/h3-8,12,17-18,21H,9-11,13H2,1-2H3. The molecule has 7 nitrogen and oxygen atoms in total. The van der Waals surface area contributed by atoms with Crippen molar-refractivity contribution in [2.24, 2.45) is 0 Å². The SMILES string of the molecule is COc1cc(-c2ccc3c(c2)COc2nc(OC4CC5CC(F)(F)C(C4)N5C)ccc2-3)cnn1. The van der Waals surface area contributed by atoms with Crippen LogP contribution in [0, 0.1) is 0 Å². The van der Waals surface area contributed by atoms with Gasteiger partial charge >= 0.3 is 0 Å². The molecule has 2 saturated heterocycles. The molecule has 3 aliphatic heterocycles. The highest BCUT2D eigenvalue weighted by atomic mass is 19.3. The van der Waals surface area contributed by atoms with Crippen LogP contribution in [0.3, 0.4) is 0 Å². The Morgan fingerprint density at radius 1 is 1.06 bits per heavy atom. The van der Waals surface area contributed by atoms with Crippen molar-refractivity contribution >= 4 is 0 Å². The predicted molar refractivity (Wildman–Crippen MR) is 120 cm³/mol.